The zero-order chi connectivity index (χ0) is 14.2. The number of anilines is 2. The number of nitrogens with zero attached hydrogens (tertiary/aromatic N) is 1. The van der Waals surface area contributed by atoms with E-state index in [0.717, 1.165) is 18.7 Å². The molecule has 2 aromatic rings. The van der Waals surface area contributed by atoms with Gasteiger partial charge in [-0.3, -0.25) is 4.79 Å². The molecular weight excluding hydrogens is 252 g/mol. The van der Waals surface area contributed by atoms with Crippen molar-refractivity contribution in [3.05, 3.63) is 54.2 Å². The lowest BCUT2D eigenvalue weighted by molar-refractivity contribution is -0.114. The molecule has 0 saturated heterocycles. The van der Waals surface area contributed by atoms with E-state index in [9.17, 15) is 4.79 Å². The van der Waals surface area contributed by atoms with Crippen LogP contribution in [0.15, 0.2) is 48.7 Å². The quantitative estimate of drug-likeness (QED) is 0.745. The van der Waals surface area contributed by atoms with Crippen molar-refractivity contribution in [2.75, 3.05) is 23.7 Å². The molecule has 5 nitrogen and oxygen atoms in total. The molecular formula is C15H18N4O. The van der Waals surface area contributed by atoms with Gasteiger partial charge in [0.15, 0.2) is 0 Å². The number of aromatic nitrogens is 1. The van der Waals surface area contributed by atoms with Gasteiger partial charge in [-0.1, -0.05) is 30.3 Å². The third-order valence-electron chi connectivity index (χ3n) is 2.80. The van der Waals surface area contributed by atoms with Crippen LogP contribution in [0, 0.1) is 0 Å². The zero-order valence-electron chi connectivity index (χ0n) is 11.2. The fraction of sp³-hybridized carbons (Fsp3) is 0.200. The molecule has 0 spiro atoms. The fourth-order valence-electron chi connectivity index (χ4n) is 1.76. The molecule has 0 aliphatic rings. The third-order valence-corrected chi connectivity index (χ3v) is 2.80. The molecule has 104 valence electrons. The van der Waals surface area contributed by atoms with Gasteiger partial charge in [-0.15, -0.1) is 0 Å². The van der Waals surface area contributed by atoms with Gasteiger partial charge in [0.2, 0.25) is 5.91 Å². The van der Waals surface area contributed by atoms with Gasteiger partial charge in [0.25, 0.3) is 0 Å². The maximum atomic E-state index is 11.1. The van der Waals surface area contributed by atoms with Crippen molar-refractivity contribution < 1.29 is 4.79 Å². The molecule has 1 amide bonds. The van der Waals surface area contributed by atoms with Gasteiger partial charge in [0.05, 0.1) is 18.4 Å². The summed E-state index contributed by atoms with van der Waals surface area (Å²) in [4.78, 5) is 15.2. The van der Waals surface area contributed by atoms with Crippen molar-refractivity contribution >= 4 is 17.4 Å². The minimum atomic E-state index is -0.248. The van der Waals surface area contributed by atoms with Crippen LogP contribution in [0.25, 0.3) is 0 Å². The average molecular weight is 270 g/mol. The van der Waals surface area contributed by atoms with E-state index in [1.807, 2.05) is 24.3 Å². The molecule has 0 aliphatic heterocycles. The standard InChI is InChI=1S/C15H18N4O/c16-10-15(20)19-14-7-6-13(11-18-14)17-9-8-12-4-2-1-3-5-12/h1-7,11,17H,8-10,16H2,(H,18,19,20). The van der Waals surface area contributed by atoms with Gasteiger partial charge in [0.1, 0.15) is 5.82 Å². The minimum Gasteiger partial charge on any atom is -0.383 e. The van der Waals surface area contributed by atoms with E-state index >= 15 is 0 Å². The molecule has 4 N–H and O–H groups in total. The number of carbonyl (C=O) groups is 1. The van der Waals surface area contributed by atoms with Crippen LogP contribution < -0.4 is 16.4 Å². The maximum Gasteiger partial charge on any atom is 0.239 e. The molecule has 0 fully saturated rings. The first kappa shape index (κ1) is 14.0. The summed E-state index contributed by atoms with van der Waals surface area (Å²) in [5, 5.41) is 5.89. The van der Waals surface area contributed by atoms with E-state index in [1.165, 1.54) is 5.56 Å². The number of nitrogens with two attached hydrogens (primary N) is 1. The molecule has 0 atom stereocenters. The number of hydrogen-bond donors (Lipinski definition) is 3. The third kappa shape index (κ3) is 4.37. The summed E-state index contributed by atoms with van der Waals surface area (Å²) in [6.45, 7) is 0.791. The Kier molecular flexibility index (Phi) is 5.08. The lowest BCUT2D eigenvalue weighted by Crippen LogP contribution is -2.22. The first-order chi connectivity index (χ1) is 9.78. The lowest BCUT2D eigenvalue weighted by atomic mass is 10.1. The van der Waals surface area contributed by atoms with Crippen LogP contribution in [0.3, 0.4) is 0 Å². The van der Waals surface area contributed by atoms with E-state index in [-0.39, 0.29) is 12.5 Å². The minimum absolute atomic E-state index is 0.0429. The number of nitrogens with one attached hydrogen (secondary N) is 2. The zero-order valence-corrected chi connectivity index (χ0v) is 11.2. The van der Waals surface area contributed by atoms with Crippen molar-refractivity contribution in [2.45, 2.75) is 6.42 Å². The number of pyridine rings is 1. The van der Waals surface area contributed by atoms with Crippen LogP contribution in [-0.4, -0.2) is 24.0 Å². The molecule has 0 saturated carbocycles. The van der Waals surface area contributed by atoms with Crippen molar-refractivity contribution in [2.24, 2.45) is 5.73 Å². The summed E-state index contributed by atoms with van der Waals surface area (Å²) in [7, 11) is 0. The number of benzene rings is 1. The van der Waals surface area contributed by atoms with Gasteiger partial charge in [-0.25, -0.2) is 4.98 Å². The van der Waals surface area contributed by atoms with Crippen molar-refractivity contribution in [1.82, 2.24) is 4.98 Å². The highest BCUT2D eigenvalue weighted by Crippen LogP contribution is 2.09. The molecule has 0 radical (unpaired) electrons. The number of amides is 1. The second-order valence-corrected chi connectivity index (χ2v) is 4.35. The highest BCUT2D eigenvalue weighted by atomic mass is 16.1. The van der Waals surface area contributed by atoms with E-state index in [0.29, 0.717) is 5.82 Å². The molecule has 20 heavy (non-hydrogen) atoms. The molecule has 1 aromatic heterocycles. The van der Waals surface area contributed by atoms with Crippen LogP contribution in [0.1, 0.15) is 5.56 Å². The summed E-state index contributed by atoms with van der Waals surface area (Å²) in [6, 6.07) is 13.9. The molecule has 2 rings (SSSR count). The van der Waals surface area contributed by atoms with Gasteiger partial charge >= 0.3 is 0 Å². The smallest absolute Gasteiger partial charge is 0.239 e. The molecule has 0 aliphatic carbocycles. The average Bonchev–Trinajstić information content (AvgIpc) is 2.50. The summed E-state index contributed by atoms with van der Waals surface area (Å²) in [5.74, 6) is 0.261. The van der Waals surface area contributed by atoms with Crippen molar-refractivity contribution in [1.29, 1.82) is 0 Å². The van der Waals surface area contributed by atoms with E-state index in [2.05, 4.69) is 27.8 Å². The Morgan fingerprint density at radius 2 is 1.95 bits per heavy atom. The Morgan fingerprint density at radius 1 is 1.15 bits per heavy atom. The summed E-state index contributed by atoms with van der Waals surface area (Å²) in [6.07, 6.45) is 2.64. The molecule has 1 heterocycles. The van der Waals surface area contributed by atoms with E-state index in [1.54, 1.807) is 12.3 Å². The van der Waals surface area contributed by atoms with Gasteiger partial charge < -0.3 is 16.4 Å². The normalized spacial score (nSPS) is 10.1. The van der Waals surface area contributed by atoms with Gasteiger partial charge in [-0.2, -0.15) is 0 Å². The lowest BCUT2D eigenvalue weighted by Gasteiger charge is -2.07. The largest absolute Gasteiger partial charge is 0.383 e. The molecule has 0 unspecified atom stereocenters. The molecule has 5 heteroatoms. The Labute approximate surface area is 118 Å². The van der Waals surface area contributed by atoms with Crippen molar-refractivity contribution in [3.63, 3.8) is 0 Å². The van der Waals surface area contributed by atoms with Gasteiger partial charge in [0, 0.05) is 6.54 Å². The van der Waals surface area contributed by atoms with Crippen LogP contribution in [0.5, 0.6) is 0 Å². The van der Waals surface area contributed by atoms with Crippen molar-refractivity contribution in [3.8, 4) is 0 Å². The molecule has 0 bridgehead atoms. The predicted octanol–water partition coefficient (Wildman–Crippen LogP) is 1.63. The molecule has 1 aromatic carbocycles. The Morgan fingerprint density at radius 3 is 2.60 bits per heavy atom. The Bertz CT molecular complexity index is 540. The van der Waals surface area contributed by atoms with E-state index in [4.69, 9.17) is 5.73 Å². The second kappa shape index (κ2) is 7.25. The second-order valence-electron chi connectivity index (χ2n) is 4.35. The first-order valence-electron chi connectivity index (χ1n) is 6.51. The first-order valence-corrected chi connectivity index (χ1v) is 6.51. The van der Waals surface area contributed by atoms with Crippen LogP contribution in [0.4, 0.5) is 11.5 Å². The number of carbonyl (C=O) groups excluding carboxylic acids is 1. The Hall–Kier alpha value is -2.40. The summed E-state index contributed by atoms with van der Waals surface area (Å²) in [5.41, 5.74) is 7.43. The van der Waals surface area contributed by atoms with Gasteiger partial charge in [-0.05, 0) is 24.1 Å². The highest BCUT2D eigenvalue weighted by Gasteiger charge is 2.00. The highest BCUT2D eigenvalue weighted by molar-refractivity contribution is 5.91. The predicted molar refractivity (Wildman–Crippen MR) is 80.6 cm³/mol. The fourth-order valence-corrected chi connectivity index (χ4v) is 1.76. The van der Waals surface area contributed by atoms with Crippen LogP contribution in [-0.2, 0) is 11.2 Å². The van der Waals surface area contributed by atoms with E-state index < -0.39 is 0 Å². The van der Waals surface area contributed by atoms with Crippen LogP contribution >= 0.6 is 0 Å². The monoisotopic (exact) mass is 270 g/mol. The maximum absolute atomic E-state index is 11.1. The number of hydrogen-bond acceptors (Lipinski definition) is 4. The topological polar surface area (TPSA) is 80.0 Å². The Balaban J connectivity index is 1.80. The number of rotatable bonds is 6. The summed E-state index contributed by atoms with van der Waals surface area (Å²) >= 11 is 0. The van der Waals surface area contributed by atoms with Crippen LogP contribution in [0.2, 0.25) is 0 Å². The SMILES string of the molecule is NCC(=O)Nc1ccc(NCCc2ccccc2)cn1. The summed E-state index contributed by atoms with van der Waals surface area (Å²) < 4.78 is 0.